The summed E-state index contributed by atoms with van der Waals surface area (Å²) in [6.07, 6.45) is 4.43. The summed E-state index contributed by atoms with van der Waals surface area (Å²) in [4.78, 5) is 3.44. The molecule has 0 radical (unpaired) electrons. The van der Waals surface area contributed by atoms with Gasteiger partial charge in [-0.25, -0.2) is 0 Å². The van der Waals surface area contributed by atoms with Crippen molar-refractivity contribution in [2.75, 3.05) is 6.54 Å². The van der Waals surface area contributed by atoms with E-state index in [4.69, 9.17) is 0 Å². The lowest BCUT2D eigenvalue weighted by Crippen LogP contribution is -2.17. The van der Waals surface area contributed by atoms with E-state index in [2.05, 4.69) is 55.6 Å². The van der Waals surface area contributed by atoms with Gasteiger partial charge in [0.2, 0.25) is 0 Å². The first-order valence-corrected chi connectivity index (χ1v) is 10.3. The van der Waals surface area contributed by atoms with Gasteiger partial charge in [0.25, 0.3) is 0 Å². The molecule has 0 fully saturated rings. The highest BCUT2D eigenvalue weighted by atomic mass is 32.2. The molecule has 2 aliphatic rings. The van der Waals surface area contributed by atoms with Gasteiger partial charge in [0.05, 0.1) is 10.6 Å². The Kier molecular flexibility index (Phi) is 4.64. The second-order valence-electron chi connectivity index (χ2n) is 6.04. The molecule has 2 aromatic rings. The Morgan fingerprint density at radius 1 is 1.32 bits per heavy atom. The SMILES string of the molecule is CCN1C(c2cccs2)=CS/C1=C(/C#N)c1nnc2n1CCCCC2. The Morgan fingerprint density at radius 2 is 2.24 bits per heavy atom. The Balaban J connectivity index is 1.76. The highest BCUT2D eigenvalue weighted by molar-refractivity contribution is 8.06. The van der Waals surface area contributed by atoms with Gasteiger partial charge in [-0.2, -0.15) is 5.26 Å². The number of hydrogen-bond donors (Lipinski definition) is 0. The van der Waals surface area contributed by atoms with Crippen molar-refractivity contribution in [3.05, 3.63) is 44.5 Å². The van der Waals surface area contributed by atoms with Gasteiger partial charge in [-0.1, -0.05) is 24.2 Å². The van der Waals surface area contributed by atoms with E-state index < -0.39 is 0 Å². The van der Waals surface area contributed by atoms with Crippen molar-refractivity contribution in [3.63, 3.8) is 0 Å². The summed E-state index contributed by atoms with van der Waals surface area (Å²) in [5.74, 6) is 1.74. The minimum atomic E-state index is 0.635. The summed E-state index contributed by atoms with van der Waals surface area (Å²) >= 11 is 3.34. The average Bonchev–Trinajstić information content (AvgIpc) is 3.34. The highest BCUT2D eigenvalue weighted by Crippen LogP contribution is 2.43. The van der Waals surface area contributed by atoms with Crippen molar-refractivity contribution in [2.45, 2.75) is 39.2 Å². The van der Waals surface area contributed by atoms with Crippen LogP contribution in [-0.4, -0.2) is 26.2 Å². The van der Waals surface area contributed by atoms with Gasteiger partial charge in [-0.15, -0.1) is 21.5 Å². The normalized spacial score (nSPS) is 19.2. The van der Waals surface area contributed by atoms with E-state index >= 15 is 0 Å². The lowest BCUT2D eigenvalue weighted by Gasteiger charge is -2.22. The summed E-state index contributed by atoms with van der Waals surface area (Å²) in [5, 5.41) is 23.8. The van der Waals surface area contributed by atoms with Crippen LogP contribution in [0.2, 0.25) is 0 Å². The highest BCUT2D eigenvalue weighted by Gasteiger charge is 2.28. The zero-order valence-electron chi connectivity index (χ0n) is 14.1. The quantitative estimate of drug-likeness (QED) is 0.754. The van der Waals surface area contributed by atoms with Crippen LogP contribution in [0.3, 0.4) is 0 Å². The smallest absolute Gasteiger partial charge is 0.177 e. The number of nitrogens with zero attached hydrogens (tertiary/aromatic N) is 5. The molecule has 0 spiro atoms. The summed E-state index contributed by atoms with van der Waals surface area (Å²) in [6.45, 7) is 3.84. The van der Waals surface area contributed by atoms with Crippen LogP contribution >= 0.6 is 23.1 Å². The third kappa shape index (κ3) is 2.90. The van der Waals surface area contributed by atoms with Crippen molar-refractivity contribution in [1.29, 1.82) is 5.26 Å². The van der Waals surface area contributed by atoms with E-state index in [9.17, 15) is 5.26 Å². The van der Waals surface area contributed by atoms with Crippen molar-refractivity contribution in [1.82, 2.24) is 19.7 Å². The molecule has 0 saturated heterocycles. The van der Waals surface area contributed by atoms with Crippen molar-refractivity contribution >= 4 is 34.4 Å². The van der Waals surface area contributed by atoms with Gasteiger partial charge in [-0.05, 0) is 31.2 Å². The molecule has 0 saturated carbocycles. The molecule has 4 rings (SSSR count). The predicted molar refractivity (Wildman–Crippen MR) is 102 cm³/mol. The number of rotatable bonds is 3. The molecule has 0 aromatic carbocycles. The summed E-state index contributed by atoms with van der Waals surface area (Å²) in [6, 6.07) is 6.59. The lowest BCUT2D eigenvalue weighted by atomic mass is 10.2. The number of hydrogen-bond acceptors (Lipinski definition) is 6. The molecule has 2 aliphatic heterocycles. The molecule has 0 aliphatic carbocycles. The van der Waals surface area contributed by atoms with Gasteiger partial charge in [0.1, 0.15) is 22.5 Å². The van der Waals surface area contributed by atoms with Gasteiger partial charge in [0, 0.05) is 24.9 Å². The maximum Gasteiger partial charge on any atom is 0.177 e. The second kappa shape index (κ2) is 7.06. The predicted octanol–water partition coefficient (Wildman–Crippen LogP) is 4.33. The fourth-order valence-electron chi connectivity index (χ4n) is 3.33. The van der Waals surface area contributed by atoms with Gasteiger partial charge < -0.3 is 9.47 Å². The topological polar surface area (TPSA) is 57.7 Å². The molecule has 128 valence electrons. The molecule has 4 heterocycles. The van der Waals surface area contributed by atoms with Crippen LogP contribution in [-0.2, 0) is 13.0 Å². The van der Waals surface area contributed by atoms with Crippen LogP contribution in [0.4, 0.5) is 0 Å². The third-order valence-electron chi connectivity index (χ3n) is 4.57. The standard InChI is InChI=1S/C18H19N5S2/c1-2-22-14(15-7-6-10-24-15)12-25-18(22)13(11-19)17-21-20-16-8-4-3-5-9-23(16)17/h6-7,10,12H,2-5,8-9H2,1H3/b18-13-. The number of fused-ring (bicyclic) bond motifs is 1. The Hall–Kier alpha value is -2.04. The van der Waals surface area contributed by atoms with Crippen molar-refractivity contribution in [3.8, 4) is 6.07 Å². The van der Waals surface area contributed by atoms with E-state index in [1.807, 2.05) is 0 Å². The number of allylic oxidation sites excluding steroid dienone is 1. The Bertz CT molecular complexity index is 870. The minimum absolute atomic E-state index is 0.635. The minimum Gasteiger partial charge on any atom is -0.333 e. The largest absolute Gasteiger partial charge is 0.333 e. The van der Waals surface area contributed by atoms with Gasteiger partial charge in [-0.3, -0.25) is 0 Å². The monoisotopic (exact) mass is 369 g/mol. The molecule has 2 aromatic heterocycles. The molecule has 0 atom stereocenters. The number of thiophene rings is 1. The molecular formula is C18H19N5S2. The van der Waals surface area contributed by atoms with E-state index in [1.165, 1.54) is 17.0 Å². The first-order chi connectivity index (χ1) is 12.3. The number of aromatic nitrogens is 3. The number of nitriles is 1. The van der Waals surface area contributed by atoms with Crippen LogP contribution in [0.5, 0.6) is 0 Å². The summed E-state index contributed by atoms with van der Waals surface area (Å²) < 4.78 is 2.15. The van der Waals surface area contributed by atoms with Crippen molar-refractivity contribution in [2.24, 2.45) is 0 Å². The molecule has 0 unspecified atom stereocenters. The maximum atomic E-state index is 9.91. The molecule has 7 heteroatoms. The molecule has 0 N–H and O–H groups in total. The molecular weight excluding hydrogens is 350 g/mol. The fraction of sp³-hybridized carbons (Fsp3) is 0.389. The zero-order valence-corrected chi connectivity index (χ0v) is 15.7. The summed E-state index contributed by atoms with van der Waals surface area (Å²) in [5.41, 5.74) is 1.80. The number of aryl methyl sites for hydroxylation is 1. The van der Waals surface area contributed by atoms with Crippen LogP contribution < -0.4 is 0 Å². The van der Waals surface area contributed by atoms with Crippen LogP contribution in [0, 0.1) is 11.3 Å². The van der Waals surface area contributed by atoms with Crippen LogP contribution in [0.15, 0.2) is 27.9 Å². The number of thioether (sulfide) groups is 1. The van der Waals surface area contributed by atoms with Crippen LogP contribution in [0.1, 0.15) is 42.7 Å². The molecule has 0 amide bonds. The Morgan fingerprint density at radius 3 is 3.00 bits per heavy atom. The van der Waals surface area contributed by atoms with Crippen LogP contribution in [0.25, 0.3) is 11.3 Å². The lowest BCUT2D eigenvalue weighted by molar-refractivity contribution is 0.558. The molecule has 0 bridgehead atoms. The van der Waals surface area contributed by atoms with Gasteiger partial charge >= 0.3 is 0 Å². The van der Waals surface area contributed by atoms with E-state index in [0.717, 1.165) is 49.0 Å². The Labute approximate surface area is 155 Å². The van der Waals surface area contributed by atoms with E-state index in [0.29, 0.717) is 5.57 Å². The maximum absolute atomic E-state index is 9.91. The zero-order chi connectivity index (χ0) is 17.2. The van der Waals surface area contributed by atoms with E-state index in [-0.39, 0.29) is 0 Å². The molecule has 5 nitrogen and oxygen atoms in total. The summed E-state index contributed by atoms with van der Waals surface area (Å²) in [7, 11) is 0. The fourth-order valence-corrected chi connectivity index (χ4v) is 5.25. The molecule has 25 heavy (non-hydrogen) atoms. The first kappa shape index (κ1) is 16.4. The third-order valence-corrected chi connectivity index (χ3v) is 6.45. The second-order valence-corrected chi connectivity index (χ2v) is 7.84. The first-order valence-electron chi connectivity index (χ1n) is 8.58. The average molecular weight is 370 g/mol. The van der Waals surface area contributed by atoms with Gasteiger partial charge in [0.15, 0.2) is 5.82 Å². The van der Waals surface area contributed by atoms with E-state index in [1.54, 1.807) is 23.1 Å². The van der Waals surface area contributed by atoms with Crippen molar-refractivity contribution < 1.29 is 0 Å².